The lowest BCUT2D eigenvalue weighted by atomic mass is 9.77. The van der Waals surface area contributed by atoms with Crippen molar-refractivity contribution in [3.8, 4) is 0 Å². The summed E-state index contributed by atoms with van der Waals surface area (Å²) in [5, 5.41) is 0. The number of hydrogen-bond acceptors (Lipinski definition) is 0. The maximum Gasteiger partial charge on any atom is 0.0367 e. The zero-order valence-electron chi connectivity index (χ0n) is 10.8. The topological polar surface area (TPSA) is 0 Å². The number of rotatable bonds is 3. The summed E-state index contributed by atoms with van der Waals surface area (Å²) in [5.41, 5.74) is 0. The molecule has 1 aliphatic carbocycles. The second-order valence-electron chi connectivity index (χ2n) is 6.08. The van der Waals surface area contributed by atoms with E-state index in [-0.39, 0.29) is 8.80 Å². The first-order valence-electron chi connectivity index (χ1n) is 7.43. The molecule has 2 heteroatoms. The maximum absolute atomic E-state index is 2.66. The first-order chi connectivity index (χ1) is 7.79. The monoisotopic (exact) mass is 350 g/mol. The SMILES string of the molecule is CCC[Si@H]1CC[C@H](C2CCC(I)CC2)CC1. The van der Waals surface area contributed by atoms with Gasteiger partial charge in [-0.25, -0.2) is 0 Å². The molecule has 0 bridgehead atoms. The van der Waals surface area contributed by atoms with Gasteiger partial charge in [0.05, 0.1) is 0 Å². The summed E-state index contributed by atoms with van der Waals surface area (Å²) in [7, 11) is -0.233. The van der Waals surface area contributed by atoms with Crippen LogP contribution in [-0.2, 0) is 0 Å². The zero-order valence-corrected chi connectivity index (χ0v) is 14.1. The van der Waals surface area contributed by atoms with Gasteiger partial charge in [0.25, 0.3) is 0 Å². The Kier molecular flexibility index (Phi) is 5.66. The minimum atomic E-state index is -0.233. The minimum absolute atomic E-state index is 0.233. The molecular weight excluding hydrogens is 323 g/mol. The van der Waals surface area contributed by atoms with Gasteiger partial charge in [-0.05, 0) is 37.5 Å². The van der Waals surface area contributed by atoms with Crippen LogP contribution in [-0.4, -0.2) is 12.7 Å². The lowest BCUT2D eigenvalue weighted by Crippen LogP contribution is -2.28. The van der Waals surface area contributed by atoms with Gasteiger partial charge in [-0.15, -0.1) is 0 Å². The fraction of sp³-hybridized carbons (Fsp3) is 1.00. The van der Waals surface area contributed by atoms with Crippen LogP contribution in [0.4, 0.5) is 0 Å². The van der Waals surface area contributed by atoms with E-state index in [9.17, 15) is 0 Å². The van der Waals surface area contributed by atoms with Crippen molar-refractivity contribution in [2.24, 2.45) is 11.8 Å². The van der Waals surface area contributed by atoms with Gasteiger partial charge in [0.2, 0.25) is 0 Å². The van der Waals surface area contributed by atoms with Gasteiger partial charge in [-0.3, -0.25) is 0 Å². The Balaban J connectivity index is 1.72. The number of alkyl halides is 1. The third kappa shape index (κ3) is 3.72. The molecule has 0 spiro atoms. The molecule has 2 rings (SSSR count). The lowest BCUT2D eigenvalue weighted by molar-refractivity contribution is 0.236. The second-order valence-corrected chi connectivity index (χ2v) is 11.3. The smallest absolute Gasteiger partial charge is 0.0367 e. The summed E-state index contributed by atoms with van der Waals surface area (Å²) in [5.74, 6) is 2.27. The average molecular weight is 350 g/mol. The van der Waals surface area contributed by atoms with Crippen LogP contribution >= 0.6 is 22.6 Å². The molecule has 0 nitrogen and oxygen atoms in total. The Morgan fingerprint density at radius 1 is 0.938 bits per heavy atom. The zero-order chi connectivity index (χ0) is 11.4. The molecule has 0 amide bonds. The van der Waals surface area contributed by atoms with E-state index in [1.165, 1.54) is 19.3 Å². The lowest BCUT2D eigenvalue weighted by Gasteiger charge is -2.36. The molecule has 2 fully saturated rings. The molecule has 0 aromatic carbocycles. The van der Waals surface area contributed by atoms with Crippen molar-refractivity contribution >= 4 is 31.4 Å². The van der Waals surface area contributed by atoms with Crippen LogP contribution in [0.5, 0.6) is 0 Å². The predicted octanol–water partition coefficient (Wildman–Crippen LogP) is 5.03. The Bertz CT molecular complexity index is 191. The van der Waals surface area contributed by atoms with Gasteiger partial charge in [-0.2, -0.15) is 0 Å². The Hall–Kier alpha value is 0.947. The quantitative estimate of drug-likeness (QED) is 0.381. The largest absolute Gasteiger partial charge is 0.0826 e. The highest BCUT2D eigenvalue weighted by Crippen LogP contribution is 2.40. The fourth-order valence-electron chi connectivity index (χ4n) is 3.91. The second kappa shape index (κ2) is 6.77. The summed E-state index contributed by atoms with van der Waals surface area (Å²) >= 11 is 2.66. The number of hydrogen-bond donors (Lipinski definition) is 0. The molecule has 1 saturated carbocycles. The molecule has 16 heavy (non-hydrogen) atoms. The van der Waals surface area contributed by atoms with Gasteiger partial charge in [0, 0.05) is 12.7 Å². The Morgan fingerprint density at radius 2 is 1.50 bits per heavy atom. The van der Waals surface area contributed by atoms with Crippen molar-refractivity contribution in [1.29, 1.82) is 0 Å². The van der Waals surface area contributed by atoms with E-state index < -0.39 is 0 Å². The third-order valence-electron chi connectivity index (χ3n) is 4.96. The summed E-state index contributed by atoms with van der Waals surface area (Å²) in [6, 6.07) is 5.00. The summed E-state index contributed by atoms with van der Waals surface area (Å²) in [4.78, 5) is 0. The summed E-state index contributed by atoms with van der Waals surface area (Å²) in [6.07, 6.45) is 10.8. The Morgan fingerprint density at radius 3 is 2.06 bits per heavy atom. The molecule has 1 heterocycles. The van der Waals surface area contributed by atoms with Gasteiger partial charge < -0.3 is 0 Å². The first kappa shape index (κ1) is 13.4. The highest BCUT2D eigenvalue weighted by atomic mass is 127. The van der Waals surface area contributed by atoms with Crippen LogP contribution in [0, 0.1) is 11.8 Å². The van der Waals surface area contributed by atoms with Crippen molar-refractivity contribution in [1.82, 2.24) is 0 Å². The molecule has 94 valence electrons. The van der Waals surface area contributed by atoms with E-state index in [4.69, 9.17) is 0 Å². The Labute approximate surface area is 117 Å². The molecule has 0 aromatic heterocycles. The minimum Gasteiger partial charge on any atom is -0.0826 e. The molecule has 1 saturated heterocycles. The highest BCUT2D eigenvalue weighted by Gasteiger charge is 2.30. The van der Waals surface area contributed by atoms with Crippen molar-refractivity contribution in [3.05, 3.63) is 0 Å². The van der Waals surface area contributed by atoms with Gasteiger partial charge in [0.1, 0.15) is 0 Å². The molecule has 1 aliphatic heterocycles. The van der Waals surface area contributed by atoms with Gasteiger partial charge in [0.15, 0.2) is 0 Å². The fourth-order valence-corrected chi connectivity index (χ4v) is 8.11. The van der Waals surface area contributed by atoms with E-state index >= 15 is 0 Å². The van der Waals surface area contributed by atoms with E-state index in [1.54, 1.807) is 43.8 Å². The summed E-state index contributed by atoms with van der Waals surface area (Å²) in [6.45, 7) is 2.38. The molecule has 0 atom stereocenters. The van der Waals surface area contributed by atoms with Crippen LogP contribution in [0.1, 0.15) is 51.9 Å². The van der Waals surface area contributed by atoms with E-state index in [0.29, 0.717) is 0 Å². The van der Waals surface area contributed by atoms with Crippen LogP contribution in [0.2, 0.25) is 18.1 Å². The van der Waals surface area contributed by atoms with Crippen LogP contribution < -0.4 is 0 Å². The van der Waals surface area contributed by atoms with Crippen molar-refractivity contribution in [2.45, 2.75) is 73.9 Å². The van der Waals surface area contributed by atoms with E-state index in [0.717, 1.165) is 15.8 Å². The van der Waals surface area contributed by atoms with E-state index in [1.807, 2.05) is 0 Å². The van der Waals surface area contributed by atoms with Crippen LogP contribution in [0.15, 0.2) is 0 Å². The predicted molar refractivity (Wildman–Crippen MR) is 84.4 cm³/mol. The standard InChI is InChI=1S/C14H27ISi/c1-2-9-16-10-7-13(8-11-16)12-3-5-14(15)6-4-12/h12-14,16H,2-11H2,1H3/t12?,13-,14?,16-. The maximum atomic E-state index is 2.66. The molecule has 0 N–H and O–H groups in total. The first-order valence-corrected chi connectivity index (χ1v) is 11.1. The van der Waals surface area contributed by atoms with Gasteiger partial charge >= 0.3 is 0 Å². The molecular formula is C14H27ISi. The van der Waals surface area contributed by atoms with Crippen molar-refractivity contribution in [3.63, 3.8) is 0 Å². The molecule has 2 aliphatic rings. The molecule has 0 unspecified atom stereocenters. The molecule has 0 radical (unpaired) electrons. The van der Waals surface area contributed by atoms with Crippen LogP contribution in [0.25, 0.3) is 0 Å². The van der Waals surface area contributed by atoms with Crippen LogP contribution in [0.3, 0.4) is 0 Å². The highest BCUT2D eigenvalue weighted by molar-refractivity contribution is 14.1. The average Bonchev–Trinajstić information content (AvgIpc) is 2.32. The van der Waals surface area contributed by atoms with Crippen molar-refractivity contribution < 1.29 is 0 Å². The normalized spacial score (nSPS) is 40.9. The van der Waals surface area contributed by atoms with Crippen molar-refractivity contribution in [2.75, 3.05) is 0 Å². The third-order valence-corrected chi connectivity index (χ3v) is 9.90. The number of halogens is 1. The molecule has 0 aromatic rings. The summed E-state index contributed by atoms with van der Waals surface area (Å²) < 4.78 is 1.000. The van der Waals surface area contributed by atoms with Gasteiger partial charge in [-0.1, -0.05) is 66.9 Å². The van der Waals surface area contributed by atoms with E-state index in [2.05, 4.69) is 29.5 Å².